The van der Waals surface area contributed by atoms with Crippen LogP contribution in [0.25, 0.3) is 16.9 Å². The largest absolute Gasteiger partial charge is 0.290 e. The predicted octanol–water partition coefficient (Wildman–Crippen LogP) is 3.45. The molecule has 0 atom stereocenters. The molecule has 3 rings (SSSR count). The van der Waals surface area contributed by atoms with Gasteiger partial charge in [-0.1, -0.05) is 48.0 Å². The summed E-state index contributed by atoms with van der Waals surface area (Å²) < 4.78 is 1.59. The zero-order valence-corrected chi connectivity index (χ0v) is 11.6. The quantitative estimate of drug-likeness (QED) is 0.756. The van der Waals surface area contributed by atoms with Crippen molar-refractivity contribution < 1.29 is 0 Å². The van der Waals surface area contributed by atoms with Crippen LogP contribution in [-0.4, -0.2) is 9.78 Å². The van der Waals surface area contributed by atoms with Gasteiger partial charge in [0.05, 0.1) is 11.4 Å². The first-order valence-corrected chi connectivity index (χ1v) is 6.61. The molecular weight excluding hydrogens is 248 g/mol. The number of nitrogens with one attached hydrogen (secondary N) is 1. The van der Waals surface area contributed by atoms with E-state index < -0.39 is 0 Å². The zero-order valence-electron chi connectivity index (χ0n) is 11.6. The Kier molecular flexibility index (Phi) is 3.03. The molecule has 0 aliphatic carbocycles. The predicted molar refractivity (Wildman–Crippen MR) is 81.3 cm³/mol. The zero-order chi connectivity index (χ0) is 14.1. The van der Waals surface area contributed by atoms with Crippen molar-refractivity contribution >= 4 is 0 Å². The normalized spacial score (nSPS) is 10.7. The van der Waals surface area contributed by atoms with Gasteiger partial charge in [-0.25, -0.2) is 4.68 Å². The van der Waals surface area contributed by atoms with Gasteiger partial charge < -0.3 is 0 Å². The van der Waals surface area contributed by atoms with E-state index in [0.29, 0.717) is 0 Å². The van der Waals surface area contributed by atoms with Crippen molar-refractivity contribution in [2.24, 2.45) is 0 Å². The highest BCUT2D eigenvalue weighted by Crippen LogP contribution is 2.19. The number of benzene rings is 2. The van der Waals surface area contributed by atoms with Gasteiger partial charge in [0.15, 0.2) is 0 Å². The third-order valence-electron chi connectivity index (χ3n) is 3.48. The minimum Gasteiger partial charge on any atom is -0.290 e. The Morgan fingerprint density at radius 3 is 2.20 bits per heavy atom. The summed E-state index contributed by atoms with van der Waals surface area (Å²) in [6.45, 7) is 3.88. The van der Waals surface area contributed by atoms with Crippen LogP contribution in [0.3, 0.4) is 0 Å². The van der Waals surface area contributed by atoms with Crippen molar-refractivity contribution in [3.63, 3.8) is 0 Å². The van der Waals surface area contributed by atoms with E-state index in [0.717, 1.165) is 22.5 Å². The van der Waals surface area contributed by atoms with Crippen molar-refractivity contribution in [3.8, 4) is 16.9 Å². The molecule has 3 aromatic rings. The van der Waals surface area contributed by atoms with Crippen molar-refractivity contribution in [1.29, 1.82) is 0 Å². The van der Waals surface area contributed by atoms with Gasteiger partial charge in [-0.15, -0.1) is 0 Å². The number of aryl methyl sites for hydroxylation is 1. The third-order valence-corrected chi connectivity index (χ3v) is 3.48. The lowest BCUT2D eigenvalue weighted by Gasteiger charge is -2.02. The summed E-state index contributed by atoms with van der Waals surface area (Å²) in [4.78, 5) is 12.4. The van der Waals surface area contributed by atoms with E-state index in [-0.39, 0.29) is 5.56 Å². The number of aromatic nitrogens is 2. The van der Waals surface area contributed by atoms with Gasteiger partial charge in [0.1, 0.15) is 0 Å². The highest BCUT2D eigenvalue weighted by atomic mass is 16.1. The summed E-state index contributed by atoms with van der Waals surface area (Å²) in [6, 6.07) is 17.8. The molecule has 3 heteroatoms. The SMILES string of the molecule is Cc1ccc(-n2[nH]c(-c3ccccc3)c(C)c2=O)cc1. The first-order valence-electron chi connectivity index (χ1n) is 6.61. The molecule has 1 aromatic heterocycles. The van der Waals surface area contributed by atoms with Gasteiger partial charge in [-0.3, -0.25) is 9.89 Å². The molecule has 0 saturated carbocycles. The Balaban J connectivity index is 2.16. The van der Waals surface area contributed by atoms with Crippen LogP contribution in [0.2, 0.25) is 0 Å². The van der Waals surface area contributed by atoms with E-state index in [9.17, 15) is 4.79 Å². The van der Waals surface area contributed by atoms with Gasteiger partial charge in [0.2, 0.25) is 0 Å². The molecule has 0 aliphatic rings. The van der Waals surface area contributed by atoms with E-state index in [1.165, 1.54) is 5.56 Å². The van der Waals surface area contributed by atoms with Crippen molar-refractivity contribution in [2.75, 3.05) is 0 Å². The number of hydrogen-bond donors (Lipinski definition) is 1. The second kappa shape index (κ2) is 4.85. The lowest BCUT2D eigenvalue weighted by Crippen LogP contribution is -2.15. The Bertz CT molecular complexity index is 780. The fraction of sp³-hybridized carbons (Fsp3) is 0.118. The maximum Gasteiger partial charge on any atom is 0.274 e. The molecule has 0 bridgehead atoms. The van der Waals surface area contributed by atoms with Gasteiger partial charge in [0.25, 0.3) is 5.56 Å². The van der Waals surface area contributed by atoms with E-state index >= 15 is 0 Å². The standard InChI is InChI=1S/C17H16N2O/c1-12-8-10-15(11-9-12)19-17(20)13(2)16(18-19)14-6-4-3-5-7-14/h3-11,18H,1-2H3. The van der Waals surface area contributed by atoms with Crippen LogP contribution >= 0.6 is 0 Å². The first kappa shape index (κ1) is 12.5. The monoisotopic (exact) mass is 264 g/mol. The summed E-state index contributed by atoms with van der Waals surface area (Å²) in [5, 5.41) is 3.21. The molecule has 0 fully saturated rings. The number of nitrogens with zero attached hydrogens (tertiary/aromatic N) is 1. The number of H-pyrrole nitrogens is 1. The molecule has 1 N–H and O–H groups in total. The van der Waals surface area contributed by atoms with Crippen LogP contribution in [0, 0.1) is 13.8 Å². The van der Waals surface area contributed by atoms with E-state index in [2.05, 4.69) is 5.10 Å². The lowest BCUT2D eigenvalue weighted by molar-refractivity contribution is 0.850. The van der Waals surface area contributed by atoms with Gasteiger partial charge in [0, 0.05) is 5.56 Å². The summed E-state index contributed by atoms with van der Waals surface area (Å²) in [5.74, 6) is 0. The molecule has 1 heterocycles. The Hall–Kier alpha value is -2.55. The molecule has 0 unspecified atom stereocenters. The second-order valence-corrected chi connectivity index (χ2v) is 4.95. The second-order valence-electron chi connectivity index (χ2n) is 4.95. The molecule has 3 nitrogen and oxygen atoms in total. The van der Waals surface area contributed by atoms with Crippen LogP contribution in [0.15, 0.2) is 59.4 Å². The Morgan fingerprint density at radius 2 is 1.55 bits per heavy atom. The fourth-order valence-corrected chi connectivity index (χ4v) is 2.28. The van der Waals surface area contributed by atoms with E-state index in [4.69, 9.17) is 0 Å². The fourth-order valence-electron chi connectivity index (χ4n) is 2.28. The van der Waals surface area contributed by atoms with Gasteiger partial charge in [-0.05, 0) is 31.5 Å². The molecule has 0 radical (unpaired) electrons. The van der Waals surface area contributed by atoms with E-state index in [1.807, 2.05) is 68.4 Å². The minimum absolute atomic E-state index is 0.00675. The summed E-state index contributed by atoms with van der Waals surface area (Å²) in [5.41, 5.74) is 4.65. The van der Waals surface area contributed by atoms with Crippen LogP contribution < -0.4 is 5.56 Å². The minimum atomic E-state index is -0.00675. The smallest absolute Gasteiger partial charge is 0.274 e. The first-order chi connectivity index (χ1) is 9.66. The lowest BCUT2D eigenvalue weighted by atomic mass is 10.1. The van der Waals surface area contributed by atoms with Crippen LogP contribution in [-0.2, 0) is 0 Å². The van der Waals surface area contributed by atoms with E-state index in [1.54, 1.807) is 4.68 Å². The molecule has 100 valence electrons. The van der Waals surface area contributed by atoms with Crippen molar-refractivity contribution in [2.45, 2.75) is 13.8 Å². The summed E-state index contributed by atoms with van der Waals surface area (Å²) in [7, 11) is 0. The van der Waals surface area contributed by atoms with Crippen LogP contribution in [0.5, 0.6) is 0 Å². The maximum atomic E-state index is 12.4. The number of aromatic amines is 1. The molecule has 0 amide bonds. The highest BCUT2D eigenvalue weighted by Gasteiger charge is 2.12. The highest BCUT2D eigenvalue weighted by molar-refractivity contribution is 5.62. The van der Waals surface area contributed by atoms with Crippen molar-refractivity contribution in [3.05, 3.63) is 76.1 Å². The maximum absolute atomic E-state index is 12.4. The summed E-state index contributed by atoms with van der Waals surface area (Å²) in [6.07, 6.45) is 0. The van der Waals surface area contributed by atoms with Crippen LogP contribution in [0.4, 0.5) is 0 Å². The molecule has 0 spiro atoms. The molecule has 0 saturated heterocycles. The third kappa shape index (κ3) is 2.07. The van der Waals surface area contributed by atoms with Gasteiger partial charge in [-0.2, -0.15) is 0 Å². The van der Waals surface area contributed by atoms with Crippen molar-refractivity contribution in [1.82, 2.24) is 9.78 Å². The molecular formula is C17H16N2O. The summed E-state index contributed by atoms with van der Waals surface area (Å²) >= 11 is 0. The average molecular weight is 264 g/mol. The van der Waals surface area contributed by atoms with Crippen LogP contribution in [0.1, 0.15) is 11.1 Å². The molecule has 2 aromatic carbocycles. The Morgan fingerprint density at radius 1 is 0.900 bits per heavy atom. The Labute approximate surface area is 117 Å². The molecule has 20 heavy (non-hydrogen) atoms. The average Bonchev–Trinajstić information content (AvgIpc) is 2.77. The number of hydrogen-bond acceptors (Lipinski definition) is 1. The van der Waals surface area contributed by atoms with Gasteiger partial charge >= 0.3 is 0 Å². The number of rotatable bonds is 2. The topological polar surface area (TPSA) is 37.8 Å². The molecule has 0 aliphatic heterocycles.